The minimum atomic E-state index is -0.163. The summed E-state index contributed by atoms with van der Waals surface area (Å²) >= 11 is 5.42. The molecule has 0 bridgehead atoms. The van der Waals surface area contributed by atoms with E-state index < -0.39 is 0 Å². The first kappa shape index (κ1) is 15.5. The highest BCUT2D eigenvalue weighted by Gasteiger charge is 2.23. The van der Waals surface area contributed by atoms with Crippen LogP contribution in [0.3, 0.4) is 0 Å². The maximum Gasteiger partial charge on any atom is 0.265 e. The maximum absolute atomic E-state index is 12.0. The number of thiocarbonyl (C=S) groups is 1. The molecule has 23 heavy (non-hydrogen) atoms. The van der Waals surface area contributed by atoms with Gasteiger partial charge in [-0.25, -0.2) is 5.43 Å². The van der Waals surface area contributed by atoms with Gasteiger partial charge < -0.3 is 10.2 Å². The van der Waals surface area contributed by atoms with Gasteiger partial charge in [-0.05, 0) is 36.5 Å². The molecule has 2 aromatic carbocycles. The second-order valence-electron chi connectivity index (χ2n) is 5.24. The second-order valence-corrected chi connectivity index (χ2v) is 5.63. The Kier molecular flexibility index (Phi) is 4.85. The lowest BCUT2D eigenvalue weighted by Crippen LogP contribution is -2.60. The number of hydrogen-bond acceptors (Lipinski definition) is 3. The van der Waals surface area contributed by atoms with Gasteiger partial charge in [0.2, 0.25) is 0 Å². The van der Waals surface area contributed by atoms with Gasteiger partial charge >= 0.3 is 0 Å². The lowest BCUT2D eigenvalue weighted by atomic mass is 10.2. The lowest BCUT2D eigenvalue weighted by Gasteiger charge is -2.35. The molecule has 1 amide bonds. The third-order valence-electron chi connectivity index (χ3n) is 3.65. The molecule has 3 rings (SSSR count). The van der Waals surface area contributed by atoms with Gasteiger partial charge in [0.25, 0.3) is 5.91 Å². The fourth-order valence-corrected chi connectivity index (χ4v) is 2.77. The molecule has 0 radical (unpaired) electrons. The summed E-state index contributed by atoms with van der Waals surface area (Å²) < 4.78 is 0. The summed E-state index contributed by atoms with van der Waals surface area (Å²) in [6.45, 7) is 0.786. The largest absolute Gasteiger partial charge is 0.345 e. The molecule has 1 atom stereocenters. The van der Waals surface area contributed by atoms with Crippen LogP contribution >= 0.6 is 12.2 Å². The van der Waals surface area contributed by atoms with Crippen LogP contribution in [-0.2, 0) is 0 Å². The van der Waals surface area contributed by atoms with E-state index in [4.69, 9.17) is 12.2 Å². The van der Waals surface area contributed by atoms with Crippen LogP contribution < -0.4 is 21.1 Å². The van der Waals surface area contributed by atoms with Gasteiger partial charge in [-0.2, -0.15) is 0 Å². The van der Waals surface area contributed by atoms with Crippen LogP contribution in [0.25, 0.3) is 0 Å². The molecule has 118 valence electrons. The molecule has 6 heteroatoms. The number of nitrogens with one attached hydrogen (secondary N) is 3. The first-order valence-corrected chi connectivity index (χ1v) is 7.89. The Morgan fingerprint density at radius 3 is 2.39 bits per heavy atom. The number of hydrogen-bond donors (Lipinski definition) is 3. The number of nitrogens with zero attached hydrogens (tertiary/aromatic N) is 1. The minimum absolute atomic E-state index is 0.0878. The minimum Gasteiger partial charge on any atom is -0.345 e. The van der Waals surface area contributed by atoms with E-state index in [0.717, 1.165) is 18.7 Å². The van der Waals surface area contributed by atoms with Gasteiger partial charge in [0, 0.05) is 24.2 Å². The van der Waals surface area contributed by atoms with Crippen LogP contribution in [0.5, 0.6) is 0 Å². The standard InChI is InChI=1S/C17H18N4OS/c22-16(13-7-3-1-4-8-13)20-19-15-11-12-21(17(23)18-15)14-9-5-2-6-10-14/h1-10,15,19H,11-12H2,(H,18,23)(H,20,22). The molecule has 1 unspecified atom stereocenters. The van der Waals surface area contributed by atoms with Gasteiger partial charge in [0.05, 0.1) is 6.17 Å². The zero-order chi connectivity index (χ0) is 16.1. The molecule has 1 heterocycles. The number of anilines is 1. The van der Waals surface area contributed by atoms with E-state index in [-0.39, 0.29) is 12.1 Å². The summed E-state index contributed by atoms with van der Waals surface area (Å²) in [5.74, 6) is -0.163. The van der Waals surface area contributed by atoms with E-state index in [1.165, 1.54) is 0 Å². The van der Waals surface area contributed by atoms with E-state index in [0.29, 0.717) is 10.7 Å². The Balaban J connectivity index is 1.52. The third-order valence-corrected chi connectivity index (χ3v) is 3.99. The predicted molar refractivity (Wildman–Crippen MR) is 95.0 cm³/mol. The quantitative estimate of drug-likeness (QED) is 0.593. The Morgan fingerprint density at radius 1 is 1.09 bits per heavy atom. The number of para-hydroxylation sites is 1. The highest BCUT2D eigenvalue weighted by molar-refractivity contribution is 7.80. The summed E-state index contributed by atoms with van der Waals surface area (Å²) in [5, 5.41) is 3.85. The summed E-state index contributed by atoms with van der Waals surface area (Å²) in [5.41, 5.74) is 7.39. The Hall–Kier alpha value is -2.44. The Bertz CT molecular complexity index is 678. The van der Waals surface area contributed by atoms with Gasteiger partial charge in [-0.1, -0.05) is 36.4 Å². The van der Waals surface area contributed by atoms with Crippen LogP contribution in [0, 0.1) is 0 Å². The monoisotopic (exact) mass is 326 g/mol. The van der Waals surface area contributed by atoms with E-state index in [1.807, 2.05) is 53.4 Å². The van der Waals surface area contributed by atoms with Crippen molar-refractivity contribution in [2.24, 2.45) is 0 Å². The van der Waals surface area contributed by atoms with Crippen LogP contribution in [0.4, 0.5) is 5.69 Å². The predicted octanol–water partition coefficient (Wildman–Crippen LogP) is 2.03. The van der Waals surface area contributed by atoms with E-state index >= 15 is 0 Å². The van der Waals surface area contributed by atoms with Gasteiger partial charge in [0.15, 0.2) is 5.11 Å². The number of rotatable bonds is 4. The molecule has 3 N–H and O–H groups in total. The molecule has 1 aliphatic rings. The van der Waals surface area contributed by atoms with Crippen molar-refractivity contribution < 1.29 is 4.79 Å². The van der Waals surface area contributed by atoms with Gasteiger partial charge in [-0.3, -0.25) is 10.2 Å². The third kappa shape index (κ3) is 3.85. The molecule has 1 aliphatic heterocycles. The fourth-order valence-electron chi connectivity index (χ4n) is 2.44. The molecular formula is C17H18N4OS. The number of amides is 1. The molecular weight excluding hydrogens is 308 g/mol. The second kappa shape index (κ2) is 7.21. The molecule has 0 aliphatic carbocycles. The average molecular weight is 326 g/mol. The number of carbonyl (C=O) groups is 1. The summed E-state index contributed by atoms with van der Waals surface area (Å²) in [6, 6.07) is 19.1. The van der Waals surface area contributed by atoms with Crippen molar-refractivity contribution in [3.05, 3.63) is 66.2 Å². The zero-order valence-corrected chi connectivity index (χ0v) is 13.3. The summed E-state index contributed by atoms with van der Waals surface area (Å²) in [7, 11) is 0. The highest BCUT2D eigenvalue weighted by Crippen LogP contribution is 2.16. The average Bonchev–Trinajstić information content (AvgIpc) is 2.61. The molecule has 1 fully saturated rings. The van der Waals surface area contributed by atoms with Crippen molar-refractivity contribution in [3.63, 3.8) is 0 Å². The van der Waals surface area contributed by atoms with Crippen LogP contribution in [-0.4, -0.2) is 23.7 Å². The summed E-state index contributed by atoms with van der Waals surface area (Å²) in [6.07, 6.45) is 0.722. The number of carbonyl (C=O) groups excluding carboxylic acids is 1. The zero-order valence-electron chi connectivity index (χ0n) is 12.5. The maximum atomic E-state index is 12.0. The normalized spacial score (nSPS) is 17.5. The Morgan fingerprint density at radius 2 is 1.74 bits per heavy atom. The highest BCUT2D eigenvalue weighted by atomic mass is 32.1. The van der Waals surface area contributed by atoms with Crippen molar-refractivity contribution in [2.75, 3.05) is 11.4 Å². The first-order valence-electron chi connectivity index (χ1n) is 7.48. The first-order chi connectivity index (χ1) is 11.2. The smallest absolute Gasteiger partial charge is 0.265 e. The van der Waals surface area contributed by atoms with Crippen molar-refractivity contribution in [1.29, 1.82) is 0 Å². The SMILES string of the molecule is O=C(NNC1CCN(c2ccccc2)C(=S)N1)c1ccccc1. The van der Waals surface area contributed by atoms with E-state index in [1.54, 1.807) is 12.1 Å². The molecule has 1 saturated heterocycles. The van der Waals surface area contributed by atoms with Crippen molar-refractivity contribution in [1.82, 2.24) is 16.2 Å². The molecule has 2 aromatic rings. The Labute approximate surface area is 140 Å². The lowest BCUT2D eigenvalue weighted by molar-refractivity contribution is 0.0921. The van der Waals surface area contributed by atoms with Crippen molar-refractivity contribution in [3.8, 4) is 0 Å². The topological polar surface area (TPSA) is 56.4 Å². The molecule has 5 nitrogen and oxygen atoms in total. The fraction of sp³-hybridized carbons (Fsp3) is 0.176. The molecule has 0 spiro atoms. The van der Waals surface area contributed by atoms with E-state index in [2.05, 4.69) is 16.2 Å². The van der Waals surface area contributed by atoms with Gasteiger partial charge in [-0.15, -0.1) is 0 Å². The molecule has 0 saturated carbocycles. The number of hydrazine groups is 1. The van der Waals surface area contributed by atoms with Crippen LogP contribution in [0.1, 0.15) is 16.8 Å². The van der Waals surface area contributed by atoms with E-state index in [9.17, 15) is 4.79 Å². The molecule has 0 aromatic heterocycles. The van der Waals surface area contributed by atoms with Crippen molar-refractivity contribution >= 4 is 28.9 Å². The number of benzene rings is 2. The van der Waals surface area contributed by atoms with Crippen LogP contribution in [0.2, 0.25) is 0 Å². The summed E-state index contributed by atoms with van der Waals surface area (Å²) in [4.78, 5) is 14.1. The van der Waals surface area contributed by atoms with Crippen LogP contribution in [0.15, 0.2) is 60.7 Å². The van der Waals surface area contributed by atoms with Gasteiger partial charge in [0.1, 0.15) is 0 Å². The van der Waals surface area contributed by atoms with Crippen molar-refractivity contribution in [2.45, 2.75) is 12.6 Å².